The van der Waals surface area contributed by atoms with Crippen LogP contribution in [0.15, 0.2) is 75.9 Å². The van der Waals surface area contributed by atoms with Gasteiger partial charge in [0.15, 0.2) is 5.76 Å². The van der Waals surface area contributed by atoms with Crippen LogP contribution in [0.1, 0.15) is 21.9 Å². The quantitative estimate of drug-likeness (QED) is 0.491. The van der Waals surface area contributed by atoms with Crippen molar-refractivity contribution in [3.8, 4) is 5.75 Å². The first-order valence-electron chi connectivity index (χ1n) is 9.34. The van der Waals surface area contributed by atoms with E-state index in [1.165, 1.54) is 11.0 Å². The number of carbonyl (C=O) groups is 1. The van der Waals surface area contributed by atoms with Gasteiger partial charge in [-0.3, -0.25) is 9.59 Å². The lowest BCUT2D eigenvalue weighted by atomic mass is 10.1. The molecule has 2 aromatic carbocycles. The van der Waals surface area contributed by atoms with Gasteiger partial charge in [-0.15, -0.1) is 0 Å². The lowest BCUT2D eigenvalue weighted by Crippen LogP contribution is -2.26. The Bertz CT molecular complexity index is 1260. The summed E-state index contributed by atoms with van der Waals surface area (Å²) in [6.07, 6.45) is 0. The summed E-state index contributed by atoms with van der Waals surface area (Å²) in [6, 6.07) is 19.5. The maximum Gasteiger partial charge on any atom is 0.289 e. The van der Waals surface area contributed by atoms with E-state index in [-0.39, 0.29) is 30.4 Å². The zero-order valence-corrected chi connectivity index (χ0v) is 17.0. The van der Waals surface area contributed by atoms with E-state index >= 15 is 0 Å². The molecule has 2 aromatic heterocycles. The van der Waals surface area contributed by atoms with Crippen molar-refractivity contribution >= 4 is 28.4 Å². The summed E-state index contributed by atoms with van der Waals surface area (Å²) < 4.78 is 11.3. The maximum absolute atomic E-state index is 12.8. The summed E-state index contributed by atoms with van der Waals surface area (Å²) in [5, 5.41) is 1.40. The van der Waals surface area contributed by atoms with E-state index in [2.05, 4.69) is 4.98 Å². The highest BCUT2D eigenvalue weighted by molar-refractivity contribution is 6.32. The number of pyridine rings is 1. The summed E-state index contributed by atoms with van der Waals surface area (Å²) in [6.45, 7) is 0.425. The average Bonchev–Trinajstić information content (AvgIpc) is 3.21. The molecule has 1 amide bonds. The number of ether oxygens (including phenoxy) is 1. The minimum Gasteiger partial charge on any atom is -0.484 e. The van der Waals surface area contributed by atoms with Crippen LogP contribution in [0.5, 0.6) is 5.75 Å². The topological polar surface area (TPSA) is 75.5 Å². The number of aromatic amines is 1. The number of rotatable bonds is 6. The molecule has 30 heavy (non-hydrogen) atoms. The monoisotopic (exact) mass is 422 g/mol. The number of nitrogens with one attached hydrogen (secondary N) is 1. The summed E-state index contributed by atoms with van der Waals surface area (Å²) >= 11 is 6.08. The number of nitrogens with zero attached hydrogens (tertiary/aromatic N) is 1. The van der Waals surface area contributed by atoms with Crippen molar-refractivity contribution in [1.29, 1.82) is 0 Å². The van der Waals surface area contributed by atoms with E-state index in [0.717, 1.165) is 16.5 Å². The molecule has 6 nitrogen and oxygen atoms in total. The standard InChI is InChI=1S/C23H19ClN2O4/c1-26(13-15-12-22(27)25-19-8-4-2-6-17(15)19)23(28)21-11-10-16(30-21)14-29-20-9-5-3-7-18(20)24/h2-12H,13-14H2,1H3,(H,25,27). The number of aromatic nitrogens is 1. The van der Waals surface area contributed by atoms with Crippen LogP contribution < -0.4 is 10.3 Å². The second-order valence-corrected chi connectivity index (χ2v) is 7.26. The van der Waals surface area contributed by atoms with Crippen LogP contribution in [-0.2, 0) is 13.2 Å². The Balaban J connectivity index is 1.46. The van der Waals surface area contributed by atoms with E-state index in [0.29, 0.717) is 16.5 Å². The van der Waals surface area contributed by atoms with Gasteiger partial charge in [0.25, 0.3) is 5.91 Å². The zero-order valence-electron chi connectivity index (χ0n) is 16.2. The van der Waals surface area contributed by atoms with Crippen LogP contribution in [0.2, 0.25) is 5.02 Å². The first-order chi connectivity index (χ1) is 14.5. The molecule has 0 bridgehead atoms. The van der Waals surface area contributed by atoms with E-state index in [4.69, 9.17) is 20.8 Å². The Morgan fingerprint density at radius 2 is 1.87 bits per heavy atom. The number of carbonyl (C=O) groups excluding carboxylic acids is 1. The molecule has 0 atom stereocenters. The van der Waals surface area contributed by atoms with Gasteiger partial charge in [-0.05, 0) is 35.9 Å². The van der Waals surface area contributed by atoms with Crippen molar-refractivity contribution in [3.05, 3.63) is 99.2 Å². The number of halogens is 1. The molecule has 0 spiro atoms. The van der Waals surface area contributed by atoms with Crippen molar-refractivity contribution < 1.29 is 13.9 Å². The Morgan fingerprint density at radius 1 is 1.10 bits per heavy atom. The Kier molecular flexibility index (Phi) is 5.59. The molecule has 4 rings (SSSR count). The van der Waals surface area contributed by atoms with Gasteiger partial charge in [-0.1, -0.05) is 41.9 Å². The van der Waals surface area contributed by atoms with E-state index < -0.39 is 0 Å². The van der Waals surface area contributed by atoms with E-state index in [1.54, 1.807) is 31.3 Å². The molecule has 0 saturated heterocycles. The lowest BCUT2D eigenvalue weighted by Gasteiger charge is -2.17. The van der Waals surface area contributed by atoms with Crippen LogP contribution in [0.25, 0.3) is 10.9 Å². The highest BCUT2D eigenvalue weighted by Crippen LogP contribution is 2.24. The first kappa shape index (κ1) is 19.8. The predicted molar refractivity (Wildman–Crippen MR) is 115 cm³/mol. The molecule has 2 heterocycles. The van der Waals surface area contributed by atoms with Crippen molar-refractivity contribution in [2.45, 2.75) is 13.2 Å². The lowest BCUT2D eigenvalue weighted by molar-refractivity contribution is 0.0749. The highest BCUT2D eigenvalue weighted by atomic mass is 35.5. The third-order valence-corrected chi connectivity index (χ3v) is 4.98. The minimum absolute atomic E-state index is 0.152. The number of para-hydroxylation sites is 2. The third-order valence-electron chi connectivity index (χ3n) is 4.67. The Labute approximate surface area is 177 Å². The second kappa shape index (κ2) is 8.47. The average molecular weight is 423 g/mol. The van der Waals surface area contributed by atoms with Gasteiger partial charge < -0.3 is 19.0 Å². The SMILES string of the molecule is CN(Cc1cc(=O)[nH]c2ccccc12)C(=O)c1ccc(COc2ccccc2Cl)o1. The number of amides is 1. The normalized spacial score (nSPS) is 10.9. The smallest absolute Gasteiger partial charge is 0.289 e. The largest absolute Gasteiger partial charge is 0.484 e. The highest BCUT2D eigenvalue weighted by Gasteiger charge is 2.18. The number of hydrogen-bond acceptors (Lipinski definition) is 4. The van der Waals surface area contributed by atoms with Crippen molar-refractivity contribution in [2.75, 3.05) is 7.05 Å². The van der Waals surface area contributed by atoms with E-state index in [1.807, 2.05) is 36.4 Å². The summed E-state index contributed by atoms with van der Waals surface area (Å²) in [5.41, 5.74) is 1.29. The van der Waals surface area contributed by atoms with Crippen molar-refractivity contribution in [2.24, 2.45) is 0 Å². The number of hydrogen-bond donors (Lipinski definition) is 1. The Morgan fingerprint density at radius 3 is 2.70 bits per heavy atom. The predicted octanol–water partition coefficient (Wildman–Crippen LogP) is 4.63. The fourth-order valence-electron chi connectivity index (χ4n) is 3.20. The zero-order chi connectivity index (χ0) is 21.1. The van der Waals surface area contributed by atoms with Gasteiger partial charge in [0.05, 0.1) is 5.02 Å². The molecule has 0 radical (unpaired) electrons. The third kappa shape index (κ3) is 4.23. The van der Waals surface area contributed by atoms with Gasteiger partial charge in [-0.2, -0.15) is 0 Å². The Hall–Kier alpha value is -3.51. The van der Waals surface area contributed by atoms with Crippen molar-refractivity contribution in [3.63, 3.8) is 0 Å². The first-order valence-corrected chi connectivity index (χ1v) is 9.71. The van der Waals surface area contributed by atoms with Gasteiger partial charge >= 0.3 is 0 Å². The number of fused-ring (bicyclic) bond motifs is 1. The van der Waals surface area contributed by atoms with Crippen molar-refractivity contribution in [1.82, 2.24) is 9.88 Å². The summed E-state index contributed by atoms with van der Waals surface area (Å²) in [7, 11) is 1.67. The molecule has 7 heteroatoms. The molecule has 0 saturated carbocycles. The molecule has 152 valence electrons. The van der Waals surface area contributed by atoms with Crippen LogP contribution in [0, 0.1) is 0 Å². The van der Waals surface area contributed by atoms with E-state index in [9.17, 15) is 9.59 Å². The molecule has 0 aliphatic heterocycles. The molecule has 0 aliphatic carbocycles. The fraction of sp³-hybridized carbons (Fsp3) is 0.130. The molecular formula is C23H19ClN2O4. The molecule has 4 aromatic rings. The molecule has 1 N–H and O–H groups in total. The maximum atomic E-state index is 12.8. The van der Waals surface area contributed by atoms with Gasteiger partial charge in [-0.25, -0.2) is 0 Å². The van der Waals surface area contributed by atoms with Crippen LogP contribution in [0.4, 0.5) is 0 Å². The number of benzene rings is 2. The molecule has 0 fully saturated rings. The minimum atomic E-state index is -0.289. The van der Waals surface area contributed by atoms with Gasteiger partial charge in [0, 0.05) is 30.6 Å². The second-order valence-electron chi connectivity index (χ2n) is 6.85. The van der Waals surface area contributed by atoms with Gasteiger partial charge in [0.1, 0.15) is 18.1 Å². The van der Waals surface area contributed by atoms with Crippen LogP contribution >= 0.6 is 11.6 Å². The van der Waals surface area contributed by atoms with Crippen LogP contribution in [-0.4, -0.2) is 22.8 Å². The van der Waals surface area contributed by atoms with Gasteiger partial charge in [0.2, 0.25) is 5.56 Å². The van der Waals surface area contributed by atoms with Crippen LogP contribution in [0.3, 0.4) is 0 Å². The molecule has 0 aliphatic rings. The fourth-order valence-corrected chi connectivity index (χ4v) is 3.39. The number of H-pyrrole nitrogens is 1. The molecular weight excluding hydrogens is 404 g/mol. The summed E-state index contributed by atoms with van der Waals surface area (Å²) in [5.74, 6) is 0.961. The number of furan rings is 1. The summed E-state index contributed by atoms with van der Waals surface area (Å²) in [4.78, 5) is 29.0. The molecule has 0 unspecified atom stereocenters.